The zero-order valence-electron chi connectivity index (χ0n) is 12.1. The Bertz CT molecular complexity index is 605. The van der Waals surface area contributed by atoms with Gasteiger partial charge >= 0.3 is 0 Å². The maximum absolute atomic E-state index is 12.2. The molecule has 0 heterocycles. The first kappa shape index (κ1) is 16.6. The summed E-state index contributed by atoms with van der Waals surface area (Å²) in [5.74, 6) is -0.0853. The van der Waals surface area contributed by atoms with Gasteiger partial charge in [-0.1, -0.05) is 26.0 Å². The topological polar surface area (TPSA) is 96.0 Å². The van der Waals surface area contributed by atoms with Crippen LogP contribution in [0.25, 0.3) is 0 Å². The molecule has 20 heavy (non-hydrogen) atoms. The van der Waals surface area contributed by atoms with E-state index in [9.17, 15) is 8.42 Å². The van der Waals surface area contributed by atoms with Gasteiger partial charge in [-0.3, -0.25) is 0 Å². The lowest BCUT2D eigenvalue weighted by Gasteiger charge is -2.33. The van der Waals surface area contributed by atoms with Crippen LogP contribution in [0.2, 0.25) is 0 Å². The monoisotopic (exact) mass is 295 g/mol. The van der Waals surface area contributed by atoms with Crippen LogP contribution in [0.15, 0.2) is 24.3 Å². The smallest absolute Gasteiger partial charge is 0.216 e. The van der Waals surface area contributed by atoms with E-state index in [0.717, 1.165) is 0 Å². The van der Waals surface area contributed by atoms with E-state index in [0.29, 0.717) is 11.1 Å². The Kier molecular flexibility index (Phi) is 5.28. The SMILES string of the molecule is CC(C)C(C)(CN)NS(=O)(=O)Cc1cccc(C#N)c1. The summed E-state index contributed by atoms with van der Waals surface area (Å²) in [6, 6.07) is 8.58. The van der Waals surface area contributed by atoms with Gasteiger partial charge in [0.15, 0.2) is 0 Å². The fraction of sp³-hybridized carbons (Fsp3) is 0.500. The molecule has 0 aromatic heterocycles. The lowest BCUT2D eigenvalue weighted by Crippen LogP contribution is -2.55. The average Bonchev–Trinajstić information content (AvgIpc) is 2.37. The molecule has 1 aromatic carbocycles. The highest BCUT2D eigenvalue weighted by Crippen LogP contribution is 2.18. The van der Waals surface area contributed by atoms with Crippen molar-refractivity contribution in [2.75, 3.05) is 6.54 Å². The fourth-order valence-electron chi connectivity index (χ4n) is 1.74. The van der Waals surface area contributed by atoms with Crippen molar-refractivity contribution >= 4 is 10.0 Å². The fourth-order valence-corrected chi connectivity index (χ4v) is 3.46. The van der Waals surface area contributed by atoms with Crippen molar-refractivity contribution in [2.24, 2.45) is 11.7 Å². The molecule has 3 N–H and O–H groups in total. The molecule has 0 aliphatic rings. The summed E-state index contributed by atoms with van der Waals surface area (Å²) in [7, 11) is -3.51. The van der Waals surface area contributed by atoms with Crippen LogP contribution in [-0.4, -0.2) is 20.5 Å². The van der Waals surface area contributed by atoms with E-state index >= 15 is 0 Å². The number of nitriles is 1. The standard InChI is InChI=1S/C14H21N3O2S/c1-11(2)14(3,10-16)17-20(18,19)9-13-6-4-5-12(7-13)8-15/h4-7,11,17H,9-10,16H2,1-3H3. The summed E-state index contributed by atoms with van der Waals surface area (Å²) in [5.41, 5.74) is 6.04. The Balaban J connectivity index is 2.93. The minimum absolute atomic E-state index is 0.0766. The van der Waals surface area contributed by atoms with Gasteiger partial charge in [0.25, 0.3) is 0 Å². The van der Waals surface area contributed by atoms with Gasteiger partial charge in [0, 0.05) is 12.1 Å². The van der Waals surface area contributed by atoms with E-state index in [2.05, 4.69) is 4.72 Å². The van der Waals surface area contributed by atoms with E-state index < -0.39 is 15.6 Å². The average molecular weight is 295 g/mol. The highest BCUT2D eigenvalue weighted by molar-refractivity contribution is 7.88. The molecule has 0 spiro atoms. The van der Waals surface area contributed by atoms with Crippen LogP contribution in [0.4, 0.5) is 0 Å². The Hall–Kier alpha value is -1.42. The van der Waals surface area contributed by atoms with Crippen LogP contribution in [0, 0.1) is 17.2 Å². The molecule has 0 radical (unpaired) electrons. The molecule has 0 saturated heterocycles. The van der Waals surface area contributed by atoms with E-state index in [1.165, 1.54) is 0 Å². The first-order valence-electron chi connectivity index (χ1n) is 6.43. The maximum Gasteiger partial charge on any atom is 0.216 e. The first-order valence-corrected chi connectivity index (χ1v) is 8.08. The molecule has 1 atom stereocenters. The third kappa shape index (κ3) is 4.30. The second-order valence-corrected chi connectivity index (χ2v) is 7.17. The van der Waals surface area contributed by atoms with Crippen molar-refractivity contribution in [3.05, 3.63) is 35.4 Å². The van der Waals surface area contributed by atoms with Crippen LogP contribution in [-0.2, 0) is 15.8 Å². The molecule has 0 saturated carbocycles. The third-order valence-corrected chi connectivity index (χ3v) is 4.99. The molecule has 6 heteroatoms. The Labute approximate surface area is 120 Å². The summed E-state index contributed by atoms with van der Waals surface area (Å²) in [6.45, 7) is 5.86. The molecule has 0 bridgehead atoms. The molecule has 110 valence electrons. The first-order chi connectivity index (χ1) is 9.22. The van der Waals surface area contributed by atoms with Crippen LogP contribution in [0.1, 0.15) is 31.9 Å². The highest BCUT2D eigenvalue weighted by atomic mass is 32.2. The Morgan fingerprint density at radius 2 is 2.10 bits per heavy atom. The second-order valence-electron chi connectivity index (χ2n) is 5.45. The van der Waals surface area contributed by atoms with Crippen molar-refractivity contribution in [3.8, 4) is 6.07 Å². The number of sulfonamides is 1. The quantitative estimate of drug-likeness (QED) is 0.828. The number of benzene rings is 1. The van der Waals surface area contributed by atoms with Crippen LogP contribution >= 0.6 is 0 Å². The summed E-state index contributed by atoms with van der Waals surface area (Å²) in [6.07, 6.45) is 0. The predicted molar refractivity (Wildman–Crippen MR) is 79.2 cm³/mol. The van der Waals surface area contributed by atoms with Crippen LogP contribution in [0.3, 0.4) is 0 Å². The second kappa shape index (κ2) is 6.35. The Morgan fingerprint density at radius 1 is 1.45 bits per heavy atom. The zero-order chi connectivity index (χ0) is 15.4. The van der Waals surface area contributed by atoms with Gasteiger partial charge in [0.2, 0.25) is 10.0 Å². The lowest BCUT2D eigenvalue weighted by molar-refractivity contribution is 0.314. The van der Waals surface area contributed by atoms with E-state index in [1.54, 1.807) is 31.2 Å². The molecule has 1 rings (SSSR count). The minimum Gasteiger partial charge on any atom is -0.329 e. The zero-order valence-corrected chi connectivity index (χ0v) is 12.9. The number of nitrogens with one attached hydrogen (secondary N) is 1. The molecule has 0 aliphatic heterocycles. The third-order valence-electron chi connectivity index (χ3n) is 3.50. The lowest BCUT2D eigenvalue weighted by atomic mass is 9.90. The number of nitrogens with two attached hydrogens (primary N) is 1. The van der Waals surface area contributed by atoms with E-state index in [-0.39, 0.29) is 18.2 Å². The van der Waals surface area contributed by atoms with Gasteiger partial charge in [0.1, 0.15) is 0 Å². The summed E-state index contributed by atoms with van der Waals surface area (Å²) >= 11 is 0. The molecule has 1 unspecified atom stereocenters. The summed E-state index contributed by atoms with van der Waals surface area (Å²) in [4.78, 5) is 0. The van der Waals surface area contributed by atoms with Gasteiger partial charge in [-0.25, -0.2) is 13.1 Å². The number of rotatable bonds is 6. The number of nitrogens with zero attached hydrogens (tertiary/aromatic N) is 1. The van der Waals surface area contributed by atoms with Crippen molar-refractivity contribution in [2.45, 2.75) is 32.1 Å². The van der Waals surface area contributed by atoms with E-state index in [4.69, 9.17) is 11.0 Å². The van der Waals surface area contributed by atoms with Crippen molar-refractivity contribution in [3.63, 3.8) is 0 Å². The molecule has 0 fully saturated rings. The molecule has 0 amide bonds. The normalized spacial score (nSPS) is 14.8. The summed E-state index contributed by atoms with van der Waals surface area (Å²) in [5, 5.41) is 8.83. The highest BCUT2D eigenvalue weighted by Gasteiger charge is 2.31. The molecular formula is C14H21N3O2S. The molecule has 5 nitrogen and oxygen atoms in total. The van der Waals surface area contributed by atoms with Crippen LogP contribution < -0.4 is 10.5 Å². The van der Waals surface area contributed by atoms with Gasteiger partial charge in [-0.15, -0.1) is 0 Å². The van der Waals surface area contributed by atoms with Gasteiger partial charge in [-0.2, -0.15) is 5.26 Å². The van der Waals surface area contributed by atoms with Crippen molar-refractivity contribution < 1.29 is 8.42 Å². The Morgan fingerprint density at radius 3 is 2.60 bits per heavy atom. The molecule has 0 aliphatic carbocycles. The van der Waals surface area contributed by atoms with Crippen molar-refractivity contribution in [1.82, 2.24) is 4.72 Å². The summed E-state index contributed by atoms with van der Waals surface area (Å²) < 4.78 is 27.1. The van der Waals surface area contributed by atoms with Crippen molar-refractivity contribution in [1.29, 1.82) is 5.26 Å². The minimum atomic E-state index is -3.51. The van der Waals surface area contributed by atoms with E-state index in [1.807, 2.05) is 19.9 Å². The number of hydrogen-bond acceptors (Lipinski definition) is 4. The maximum atomic E-state index is 12.2. The molecular weight excluding hydrogens is 274 g/mol. The van der Waals surface area contributed by atoms with Gasteiger partial charge in [-0.05, 0) is 30.5 Å². The predicted octanol–water partition coefficient (Wildman–Crippen LogP) is 1.35. The molecule has 1 aromatic rings. The number of hydrogen-bond donors (Lipinski definition) is 2. The largest absolute Gasteiger partial charge is 0.329 e. The van der Waals surface area contributed by atoms with Gasteiger partial charge < -0.3 is 5.73 Å². The van der Waals surface area contributed by atoms with Gasteiger partial charge in [0.05, 0.1) is 17.4 Å². The van der Waals surface area contributed by atoms with Crippen LogP contribution in [0.5, 0.6) is 0 Å².